The summed E-state index contributed by atoms with van der Waals surface area (Å²) in [6.45, 7) is 5.51. The Balaban J connectivity index is 1.90. The highest BCUT2D eigenvalue weighted by molar-refractivity contribution is 7.92. The van der Waals surface area contributed by atoms with Crippen LogP contribution < -0.4 is 9.62 Å². The number of sulfonamides is 1. The summed E-state index contributed by atoms with van der Waals surface area (Å²) in [5.41, 5.74) is 1.47. The molecule has 35 heavy (non-hydrogen) atoms. The molecule has 15 heteroatoms. The van der Waals surface area contributed by atoms with Crippen LogP contribution in [0.5, 0.6) is 0 Å². The first-order chi connectivity index (χ1) is 16.5. The van der Waals surface area contributed by atoms with Crippen LogP contribution in [-0.2, 0) is 21.2 Å². The normalized spacial score (nSPS) is 14.3. The predicted molar refractivity (Wildman–Crippen MR) is 125 cm³/mol. The Labute approximate surface area is 204 Å². The second kappa shape index (κ2) is 11.3. The number of azo groups is 1. The lowest BCUT2D eigenvalue weighted by molar-refractivity contribution is -0.106. The Morgan fingerprint density at radius 1 is 1.26 bits per heavy atom. The second-order valence-corrected chi connectivity index (χ2v) is 10.4. The number of carbonyl (C=O) groups is 1. The number of fused-ring (bicyclic) bond motifs is 1. The Morgan fingerprint density at radius 2 is 2.03 bits per heavy atom. The fourth-order valence-electron chi connectivity index (χ4n) is 3.41. The Bertz CT molecular complexity index is 1180. The number of hydrogen-bond donors (Lipinski definition) is 1. The summed E-state index contributed by atoms with van der Waals surface area (Å²) < 4.78 is 69.6. The molecule has 2 aromatic rings. The Kier molecular flexibility index (Phi) is 8.64. The van der Waals surface area contributed by atoms with Crippen molar-refractivity contribution in [3.63, 3.8) is 0 Å². The van der Waals surface area contributed by atoms with Crippen molar-refractivity contribution in [3.8, 4) is 0 Å². The molecule has 0 radical (unpaired) electrons. The SMILES string of the molecule is CCCCOC(=O)c1nnc(N=Nc2cc3c(cc2NS(=O)(=O)CC(F)(F)F)N(CC)CCC3)s1. The number of esters is 1. The minimum absolute atomic E-state index is 0.00412. The maximum absolute atomic E-state index is 12.8. The number of hydrogen-bond acceptors (Lipinski definition) is 10. The first-order valence-corrected chi connectivity index (χ1v) is 13.4. The van der Waals surface area contributed by atoms with Gasteiger partial charge in [-0.25, -0.2) is 13.2 Å². The minimum Gasteiger partial charge on any atom is -0.460 e. The monoisotopic (exact) mass is 534 g/mol. The van der Waals surface area contributed by atoms with Crippen LogP contribution >= 0.6 is 11.3 Å². The van der Waals surface area contributed by atoms with Gasteiger partial charge in [-0.1, -0.05) is 24.7 Å². The topological polar surface area (TPSA) is 126 Å². The Hall–Kier alpha value is -2.81. The molecule has 1 aromatic heterocycles. The fraction of sp³-hybridized carbons (Fsp3) is 0.550. The van der Waals surface area contributed by atoms with Gasteiger partial charge in [-0.3, -0.25) is 4.72 Å². The van der Waals surface area contributed by atoms with Gasteiger partial charge < -0.3 is 9.64 Å². The maximum Gasteiger partial charge on any atom is 0.404 e. The molecule has 2 heterocycles. The zero-order chi connectivity index (χ0) is 25.6. The fourth-order valence-corrected chi connectivity index (χ4v) is 4.98. The van der Waals surface area contributed by atoms with E-state index in [1.54, 1.807) is 6.07 Å². The molecule has 0 unspecified atom stereocenters. The summed E-state index contributed by atoms with van der Waals surface area (Å²) in [7, 11) is -4.75. The van der Waals surface area contributed by atoms with Gasteiger partial charge in [-0.05, 0) is 43.9 Å². The lowest BCUT2D eigenvalue weighted by Gasteiger charge is -2.31. The largest absolute Gasteiger partial charge is 0.460 e. The molecular weight excluding hydrogens is 509 g/mol. The van der Waals surface area contributed by atoms with Gasteiger partial charge in [-0.15, -0.1) is 20.4 Å². The van der Waals surface area contributed by atoms with E-state index in [0.717, 1.165) is 42.0 Å². The number of unbranched alkanes of at least 4 members (excludes halogenated alkanes) is 1. The van der Waals surface area contributed by atoms with Crippen LogP contribution in [-0.4, -0.2) is 56.2 Å². The third-order valence-electron chi connectivity index (χ3n) is 4.98. The molecule has 0 bridgehead atoms. The molecule has 0 amide bonds. The van der Waals surface area contributed by atoms with E-state index < -0.39 is 27.9 Å². The quantitative estimate of drug-likeness (QED) is 0.259. The van der Waals surface area contributed by atoms with Crippen LogP contribution in [0.2, 0.25) is 0 Å². The van der Waals surface area contributed by atoms with Crippen molar-refractivity contribution in [1.82, 2.24) is 10.2 Å². The summed E-state index contributed by atoms with van der Waals surface area (Å²) in [5, 5.41) is 15.4. The molecule has 3 rings (SSSR count). The number of rotatable bonds is 10. The molecule has 1 aliphatic heterocycles. The molecule has 0 fully saturated rings. The lowest BCUT2D eigenvalue weighted by Crippen LogP contribution is -2.30. The Morgan fingerprint density at radius 3 is 2.71 bits per heavy atom. The number of carbonyl (C=O) groups excluding carboxylic acids is 1. The van der Waals surface area contributed by atoms with Gasteiger partial charge in [-0.2, -0.15) is 13.2 Å². The molecular formula is C20H25F3N6O4S2. The molecule has 1 N–H and O–H groups in total. The van der Waals surface area contributed by atoms with Crippen molar-refractivity contribution in [2.24, 2.45) is 10.2 Å². The van der Waals surface area contributed by atoms with E-state index in [9.17, 15) is 26.4 Å². The number of anilines is 2. The number of halogens is 3. The predicted octanol–water partition coefficient (Wildman–Crippen LogP) is 4.99. The van der Waals surface area contributed by atoms with Crippen LogP contribution in [0, 0.1) is 0 Å². The van der Waals surface area contributed by atoms with Crippen molar-refractivity contribution in [2.45, 2.75) is 45.7 Å². The number of benzene rings is 1. The molecule has 0 saturated heterocycles. The van der Waals surface area contributed by atoms with E-state index in [0.29, 0.717) is 19.4 Å². The number of ether oxygens (including phenoxy) is 1. The first kappa shape index (κ1) is 26.8. The average Bonchev–Trinajstić information content (AvgIpc) is 3.24. The highest BCUT2D eigenvalue weighted by Gasteiger charge is 2.35. The van der Waals surface area contributed by atoms with Gasteiger partial charge in [0.25, 0.3) is 5.13 Å². The van der Waals surface area contributed by atoms with Crippen molar-refractivity contribution in [2.75, 3.05) is 35.1 Å². The maximum atomic E-state index is 12.8. The minimum atomic E-state index is -4.91. The smallest absolute Gasteiger partial charge is 0.404 e. The van der Waals surface area contributed by atoms with Crippen molar-refractivity contribution < 1.29 is 31.1 Å². The van der Waals surface area contributed by atoms with Crippen LogP contribution in [0.15, 0.2) is 22.4 Å². The molecule has 0 atom stereocenters. The van der Waals surface area contributed by atoms with E-state index in [2.05, 4.69) is 20.4 Å². The number of nitrogens with one attached hydrogen (secondary N) is 1. The van der Waals surface area contributed by atoms with Gasteiger partial charge in [0.15, 0.2) is 5.75 Å². The van der Waals surface area contributed by atoms with Crippen LogP contribution in [0.25, 0.3) is 0 Å². The number of aromatic nitrogens is 2. The first-order valence-electron chi connectivity index (χ1n) is 10.9. The molecule has 0 aliphatic carbocycles. The van der Waals surface area contributed by atoms with Gasteiger partial charge >= 0.3 is 12.1 Å². The molecule has 192 valence electrons. The standard InChI is InChI=1S/C20H25F3N6O4S2/c1-3-5-9-33-18(30)17-25-27-19(34-17)26-24-14-10-13-7-6-8-29(4-2)16(13)11-15(14)28-35(31,32)12-20(21,22)23/h10-11,28H,3-9,12H2,1-2H3. The van der Waals surface area contributed by atoms with Gasteiger partial charge in [0.05, 0.1) is 12.3 Å². The van der Waals surface area contributed by atoms with Crippen molar-refractivity contribution in [3.05, 3.63) is 22.7 Å². The summed E-state index contributed by atoms with van der Waals surface area (Å²) in [5.74, 6) is -2.68. The molecule has 0 saturated carbocycles. The molecule has 0 spiro atoms. The highest BCUT2D eigenvalue weighted by atomic mass is 32.2. The summed E-state index contributed by atoms with van der Waals surface area (Å²) in [6, 6.07) is 3.06. The summed E-state index contributed by atoms with van der Waals surface area (Å²) in [4.78, 5) is 14.0. The van der Waals surface area contributed by atoms with E-state index in [-0.39, 0.29) is 28.1 Å². The highest BCUT2D eigenvalue weighted by Crippen LogP contribution is 2.38. The van der Waals surface area contributed by atoms with Crippen molar-refractivity contribution in [1.29, 1.82) is 0 Å². The number of alkyl halides is 3. The lowest BCUT2D eigenvalue weighted by atomic mass is 10.0. The average molecular weight is 535 g/mol. The van der Waals surface area contributed by atoms with E-state index in [4.69, 9.17) is 4.74 Å². The van der Waals surface area contributed by atoms with E-state index in [1.165, 1.54) is 6.07 Å². The van der Waals surface area contributed by atoms with Gasteiger partial charge in [0.2, 0.25) is 15.0 Å². The van der Waals surface area contributed by atoms with Gasteiger partial charge in [0.1, 0.15) is 5.69 Å². The van der Waals surface area contributed by atoms with E-state index >= 15 is 0 Å². The van der Waals surface area contributed by atoms with Crippen molar-refractivity contribution >= 4 is 49.5 Å². The molecule has 1 aliphatic rings. The third kappa shape index (κ3) is 7.59. The molecule has 1 aromatic carbocycles. The molecule has 10 nitrogen and oxygen atoms in total. The van der Waals surface area contributed by atoms with Gasteiger partial charge in [0, 0.05) is 18.8 Å². The summed E-state index contributed by atoms with van der Waals surface area (Å²) in [6.07, 6.45) is -1.80. The zero-order valence-corrected chi connectivity index (χ0v) is 20.8. The third-order valence-corrected chi connectivity index (χ3v) is 7.00. The zero-order valence-electron chi connectivity index (χ0n) is 19.1. The number of nitrogens with zero attached hydrogens (tertiary/aromatic N) is 5. The number of aryl methyl sites for hydroxylation is 1. The van der Waals surface area contributed by atoms with Crippen LogP contribution in [0.3, 0.4) is 0 Å². The van der Waals surface area contributed by atoms with E-state index in [1.807, 2.05) is 23.5 Å². The van der Waals surface area contributed by atoms with Crippen LogP contribution in [0.4, 0.5) is 35.4 Å². The second-order valence-electron chi connectivity index (χ2n) is 7.74. The van der Waals surface area contributed by atoms with Crippen LogP contribution in [0.1, 0.15) is 48.5 Å². The summed E-state index contributed by atoms with van der Waals surface area (Å²) >= 11 is 0.825.